The van der Waals surface area contributed by atoms with Gasteiger partial charge >= 0.3 is 11.9 Å². The third-order valence-corrected chi connectivity index (χ3v) is 5.05. The van der Waals surface area contributed by atoms with E-state index in [0.29, 0.717) is 11.4 Å². The number of nitrogen functional groups attached to an aromatic ring is 1. The van der Waals surface area contributed by atoms with E-state index in [1.807, 2.05) is 5.32 Å². The fraction of sp³-hybridized carbons (Fsp3) is 0.190. The van der Waals surface area contributed by atoms with Gasteiger partial charge in [0.15, 0.2) is 11.2 Å². The molecule has 3 amide bonds. The number of benzene rings is 1. The van der Waals surface area contributed by atoms with Gasteiger partial charge in [-0.2, -0.15) is 4.98 Å². The molecular formula is C21H18N8O8. The van der Waals surface area contributed by atoms with E-state index in [2.05, 4.69) is 30.1 Å². The van der Waals surface area contributed by atoms with E-state index in [9.17, 15) is 33.9 Å². The largest absolute Gasteiger partial charge is 0.479 e. The van der Waals surface area contributed by atoms with Crippen LogP contribution < -0.4 is 21.9 Å². The number of carboxylic acids is 1. The molecule has 0 bridgehead atoms. The number of aliphatic carboxylic acids is 1. The van der Waals surface area contributed by atoms with Crippen molar-refractivity contribution in [3.8, 4) is 0 Å². The van der Waals surface area contributed by atoms with Crippen LogP contribution in [0.15, 0.2) is 35.3 Å². The fourth-order valence-corrected chi connectivity index (χ4v) is 3.22. The number of anilines is 2. The van der Waals surface area contributed by atoms with Gasteiger partial charge in [0.2, 0.25) is 12.0 Å². The van der Waals surface area contributed by atoms with Crippen LogP contribution in [0.4, 0.5) is 11.6 Å². The number of aromatic nitrogens is 4. The highest BCUT2D eigenvalue weighted by Gasteiger charge is 2.38. The summed E-state index contributed by atoms with van der Waals surface area (Å²) < 4.78 is 0. The number of hydrogen-bond acceptors (Lipinski definition) is 12. The van der Waals surface area contributed by atoms with Crippen LogP contribution in [0.25, 0.3) is 11.2 Å². The summed E-state index contributed by atoms with van der Waals surface area (Å²) in [7, 11) is 0. The van der Waals surface area contributed by atoms with Gasteiger partial charge in [0, 0.05) is 24.1 Å². The third-order valence-electron chi connectivity index (χ3n) is 5.05. The summed E-state index contributed by atoms with van der Waals surface area (Å²) in [5, 5.41) is 14.5. The number of carbonyl (C=O) groups is 5. The van der Waals surface area contributed by atoms with Gasteiger partial charge in [0.25, 0.3) is 23.3 Å². The quantitative estimate of drug-likeness (QED) is 0.175. The average molecular weight is 510 g/mol. The van der Waals surface area contributed by atoms with Gasteiger partial charge in [-0.25, -0.2) is 19.6 Å². The molecule has 16 nitrogen and oxygen atoms in total. The van der Waals surface area contributed by atoms with E-state index in [0.717, 1.165) is 0 Å². The van der Waals surface area contributed by atoms with E-state index in [1.54, 1.807) is 0 Å². The van der Waals surface area contributed by atoms with Crippen LogP contribution in [-0.2, 0) is 30.6 Å². The molecule has 0 saturated carbocycles. The Morgan fingerprint density at radius 3 is 2.43 bits per heavy atom. The summed E-state index contributed by atoms with van der Waals surface area (Å²) in [4.78, 5) is 90.3. The van der Waals surface area contributed by atoms with Crippen LogP contribution in [0.5, 0.6) is 0 Å². The zero-order chi connectivity index (χ0) is 26.7. The minimum absolute atomic E-state index is 0.0126. The number of rotatable bonds is 8. The minimum atomic E-state index is -2.16. The predicted octanol–water partition coefficient (Wildman–Crippen LogP) is -1.30. The SMILES string of the molecule is Nc1nc2ncc(CNc3ccc(C(=O)N[C@H](C(=O)O)C(=O)ON4C(=O)CCC4=O)cc3)nc2c(=O)[nH]1. The molecule has 6 N–H and O–H groups in total. The van der Waals surface area contributed by atoms with Gasteiger partial charge < -0.3 is 26.3 Å². The van der Waals surface area contributed by atoms with Gasteiger partial charge in [0.05, 0.1) is 18.4 Å². The standard InChI is InChI=1S/C21H18N8O8/c22-21-27-16-14(18(33)28-21)25-11(8-24-16)7-23-10-3-1-9(2-4-10)17(32)26-15(19(34)35)20(36)37-29-12(30)5-6-13(29)31/h1-4,8,15,23H,5-7H2,(H,26,32)(H,34,35)(H3,22,24,27,28,33)/t15-/m1/s1. The van der Waals surface area contributed by atoms with E-state index < -0.39 is 41.3 Å². The molecule has 0 radical (unpaired) electrons. The number of imide groups is 1. The fourth-order valence-electron chi connectivity index (χ4n) is 3.22. The van der Waals surface area contributed by atoms with Crippen molar-refractivity contribution in [2.45, 2.75) is 25.4 Å². The minimum Gasteiger partial charge on any atom is -0.479 e. The molecule has 1 aromatic carbocycles. The van der Waals surface area contributed by atoms with Crippen molar-refractivity contribution < 1.29 is 33.9 Å². The summed E-state index contributed by atoms with van der Waals surface area (Å²) in [6.07, 6.45) is 1.07. The van der Waals surface area contributed by atoms with Crippen molar-refractivity contribution in [2.24, 2.45) is 0 Å². The van der Waals surface area contributed by atoms with E-state index in [4.69, 9.17) is 5.73 Å². The first-order valence-electron chi connectivity index (χ1n) is 10.6. The Bertz CT molecular complexity index is 1470. The molecule has 190 valence electrons. The number of hydroxylamine groups is 2. The third kappa shape index (κ3) is 5.47. The molecule has 0 unspecified atom stereocenters. The molecule has 37 heavy (non-hydrogen) atoms. The zero-order valence-corrected chi connectivity index (χ0v) is 18.8. The van der Waals surface area contributed by atoms with Crippen molar-refractivity contribution in [3.05, 3.63) is 52.1 Å². The second kappa shape index (κ2) is 10.1. The lowest BCUT2D eigenvalue weighted by atomic mass is 10.1. The molecule has 2 aromatic heterocycles. The number of H-pyrrole nitrogens is 1. The number of fused-ring (bicyclic) bond motifs is 1. The molecule has 1 atom stereocenters. The van der Waals surface area contributed by atoms with Gasteiger partial charge in [-0.05, 0) is 24.3 Å². The Labute approximate surface area is 205 Å². The molecular weight excluding hydrogens is 492 g/mol. The van der Waals surface area contributed by atoms with Crippen LogP contribution in [0, 0.1) is 0 Å². The molecule has 16 heteroatoms. The second-order valence-corrected chi connectivity index (χ2v) is 7.65. The van der Waals surface area contributed by atoms with Crippen LogP contribution >= 0.6 is 0 Å². The maximum atomic E-state index is 12.5. The Morgan fingerprint density at radius 2 is 1.78 bits per heavy atom. The monoisotopic (exact) mass is 510 g/mol. The first-order chi connectivity index (χ1) is 17.6. The number of carboxylic acid groups (broad SMARTS) is 1. The van der Waals surface area contributed by atoms with Crippen molar-refractivity contribution in [1.82, 2.24) is 30.3 Å². The Balaban J connectivity index is 1.38. The van der Waals surface area contributed by atoms with E-state index in [-0.39, 0.29) is 47.1 Å². The Kier molecular flexibility index (Phi) is 6.72. The molecule has 1 saturated heterocycles. The lowest BCUT2D eigenvalue weighted by molar-refractivity contribution is -0.200. The molecule has 0 spiro atoms. The number of aromatic amines is 1. The van der Waals surface area contributed by atoms with Gasteiger partial charge in [-0.1, -0.05) is 0 Å². The highest BCUT2D eigenvalue weighted by Crippen LogP contribution is 2.14. The van der Waals surface area contributed by atoms with Crippen LogP contribution in [0.2, 0.25) is 0 Å². The normalized spacial score (nSPS) is 13.9. The summed E-state index contributed by atoms with van der Waals surface area (Å²) in [5.41, 5.74) is 6.04. The van der Waals surface area contributed by atoms with Gasteiger partial charge in [-0.3, -0.25) is 24.2 Å². The number of amides is 3. The average Bonchev–Trinajstić information content (AvgIpc) is 3.18. The summed E-state index contributed by atoms with van der Waals surface area (Å²) >= 11 is 0. The van der Waals surface area contributed by atoms with E-state index in [1.165, 1.54) is 30.5 Å². The van der Waals surface area contributed by atoms with Crippen LogP contribution in [0.1, 0.15) is 28.9 Å². The van der Waals surface area contributed by atoms with Crippen molar-refractivity contribution in [3.63, 3.8) is 0 Å². The van der Waals surface area contributed by atoms with Crippen LogP contribution in [-0.4, -0.2) is 65.8 Å². The first-order valence-corrected chi connectivity index (χ1v) is 10.6. The Morgan fingerprint density at radius 1 is 1.11 bits per heavy atom. The first kappa shape index (κ1) is 24.7. The second-order valence-electron chi connectivity index (χ2n) is 7.65. The topological polar surface area (TPSA) is 240 Å². The summed E-state index contributed by atoms with van der Waals surface area (Å²) in [5.74, 6) is -5.83. The molecule has 0 aliphatic carbocycles. The maximum absolute atomic E-state index is 12.5. The van der Waals surface area contributed by atoms with Crippen molar-refractivity contribution in [1.29, 1.82) is 0 Å². The number of hydrogen-bond donors (Lipinski definition) is 5. The molecule has 1 aliphatic rings. The molecule has 1 fully saturated rings. The van der Waals surface area contributed by atoms with Crippen molar-refractivity contribution >= 4 is 52.5 Å². The number of nitrogens with zero attached hydrogens (tertiary/aromatic N) is 4. The van der Waals surface area contributed by atoms with Gasteiger partial charge in [0.1, 0.15) is 0 Å². The lowest BCUT2D eigenvalue weighted by Crippen LogP contribution is -2.49. The summed E-state index contributed by atoms with van der Waals surface area (Å²) in [6, 6.07) is 3.58. The van der Waals surface area contributed by atoms with Crippen LogP contribution in [0.3, 0.4) is 0 Å². The molecule has 1 aliphatic heterocycles. The number of carbonyl (C=O) groups excluding carboxylic acids is 4. The van der Waals surface area contributed by atoms with Crippen molar-refractivity contribution in [2.75, 3.05) is 11.1 Å². The lowest BCUT2D eigenvalue weighted by Gasteiger charge is -2.17. The van der Waals surface area contributed by atoms with E-state index >= 15 is 0 Å². The molecule has 3 aromatic rings. The molecule has 4 rings (SSSR count). The molecule has 3 heterocycles. The summed E-state index contributed by atoms with van der Waals surface area (Å²) in [6.45, 7) is 0.166. The zero-order valence-electron chi connectivity index (χ0n) is 18.8. The van der Waals surface area contributed by atoms with Gasteiger partial charge in [-0.15, -0.1) is 5.06 Å². The highest BCUT2D eigenvalue weighted by atomic mass is 16.7. The highest BCUT2D eigenvalue weighted by molar-refractivity contribution is 6.07. The smallest absolute Gasteiger partial charge is 0.366 e. The number of nitrogens with one attached hydrogen (secondary N) is 3. The Hall–Kier alpha value is -5.41. The predicted molar refractivity (Wildman–Crippen MR) is 122 cm³/mol. The maximum Gasteiger partial charge on any atom is 0.366 e. The number of nitrogens with two attached hydrogens (primary N) is 1.